The Labute approximate surface area is 127 Å². The minimum atomic E-state index is 0.397. The van der Waals surface area contributed by atoms with Gasteiger partial charge in [0.1, 0.15) is 5.82 Å². The molecule has 0 saturated carbocycles. The zero-order chi connectivity index (χ0) is 14.7. The van der Waals surface area contributed by atoms with Gasteiger partial charge in [-0.2, -0.15) is 5.10 Å². The van der Waals surface area contributed by atoms with E-state index < -0.39 is 0 Å². The van der Waals surface area contributed by atoms with E-state index in [1.54, 1.807) is 11.8 Å². The van der Waals surface area contributed by atoms with Crippen LogP contribution in [0, 0.1) is 6.92 Å². The second-order valence-electron chi connectivity index (χ2n) is 4.30. The maximum Gasteiger partial charge on any atom is 0.191 e. The fourth-order valence-electron chi connectivity index (χ4n) is 2.03. The number of nitrogens with two attached hydrogens (primary N) is 1. The van der Waals surface area contributed by atoms with Gasteiger partial charge in [-0.3, -0.25) is 4.68 Å². The van der Waals surface area contributed by atoms with Gasteiger partial charge in [-0.1, -0.05) is 23.4 Å². The Balaban J connectivity index is 2.19. The van der Waals surface area contributed by atoms with Crippen LogP contribution in [0.1, 0.15) is 31.1 Å². The number of nitrogens with zero attached hydrogens (tertiary/aromatic N) is 5. The third-order valence-electron chi connectivity index (χ3n) is 3.08. The van der Waals surface area contributed by atoms with Crippen LogP contribution in [0.4, 0.5) is 0 Å². The van der Waals surface area contributed by atoms with E-state index in [9.17, 15) is 0 Å². The van der Waals surface area contributed by atoms with Gasteiger partial charge in [0.05, 0.1) is 23.0 Å². The molecule has 20 heavy (non-hydrogen) atoms. The predicted octanol–water partition coefficient (Wildman–Crippen LogP) is 2.23. The van der Waals surface area contributed by atoms with E-state index in [1.807, 2.05) is 16.2 Å². The summed E-state index contributed by atoms with van der Waals surface area (Å²) in [5.74, 6) is 1.53. The van der Waals surface area contributed by atoms with Crippen LogP contribution in [-0.4, -0.2) is 24.5 Å². The van der Waals surface area contributed by atoms with Crippen LogP contribution in [0.2, 0.25) is 5.02 Å². The molecule has 0 bridgehead atoms. The van der Waals surface area contributed by atoms with E-state index in [4.69, 9.17) is 17.3 Å². The Morgan fingerprint density at radius 2 is 2.00 bits per heavy atom. The molecule has 2 aromatic rings. The quantitative estimate of drug-likeness (QED) is 0.828. The summed E-state index contributed by atoms with van der Waals surface area (Å²) < 4.78 is 3.96. The molecule has 2 aromatic heterocycles. The summed E-state index contributed by atoms with van der Waals surface area (Å²) in [6, 6.07) is 0. The average Bonchev–Trinajstić information content (AvgIpc) is 2.98. The molecule has 0 unspecified atom stereocenters. The largest absolute Gasteiger partial charge is 0.324 e. The van der Waals surface area contributed by atoms with Gasteiger partial charge in [-0.15, -0.1) is 10.2 Å². The van der Waals surface area contributed by atoms with Gasteiger partial charge in [0.2, 0.25) is 0 Å². The maximum atomic E-state index is 6.31. The molecule has 0 saturated heterocycles. The highest BCUT2D eigenvalue weighted by Gasteiger charge is 2.15. The molecule has 0 aliphatic heterocycles. The summed E-state index contributed by atoms with van der Waals surface area (Å²) in [6.07, 6.45) is 0. The summed E-state index contributed by atoms with van der Waals surface area (Å²) in [6.45, 7) is 8.04. The third kappa shape index (κ3) is 2.84. The van der Waals surface area contributed by atoms with E-state index in [0.717, 1.165) is 46.2 Å². The highest BCUT2D eigenvalue weighted by Crippen LogP contribution is 2.28. The van der Waals surface area contributed by atoms with Gasteiger partial charge in [0.25, 0.3) is 0 Å². The molecule has 0 aliphatic carbocycles. The van der Waals surface area contributed by atoms with Gasteiger partial charge in [-0.25, -0.2) is 0 Å². The van der Waals surface area contributed by atoms with Crippen LogP contribution in [0.25, 0.3) is 0 Å². The summed E-state index contributed by atoms with van der Waals surface area (Å²) in [4.78, 5) is 0. The summed E-state index contributed by atoms with van der Waals surface area (Å²) in [5, 5.41) is 14.3. The minimum absolute atomic E-state index is 0.397. The average molecular weight is 315 g/mol. The van der Waals surface area contributed by atoms with Crippen LogP contribution in [-0.2, 0) is 25.4 Å². The van der Waals surface area contributed by atoms with Crippen LogP contribution in [0.3, 0.4) is 0 Å². The van der Waals surface area contributed by atoms with Crippen molar-refractivity contribution in [2.75, 3.05) is 0 Å². The van der Waals surface area contributed by atoms with E-state index in [-0.39, 0.29) is 0 Å². The van der Waals surface area contributed by atoms with Crippen LogP contribution in [0.5, 0.6) is 0 Å². The number of thioether (sulfide) groups is 1. The van der Waals surface area contributed by atoms with Crippen molar-refractivity contribution >= 4 is 23.4 Å². The van der Waals surface area contributed by atoms with E-state index in [0.29, 0.717) is 6.54 Å². The topological polar surface area (TPSA) is 74.6 Å². The molecule has 2 heterocycles. The Kier molecular flexibility index (Phi) is 5.06. The number of hydrogen-bond donors (Lipinski definition) is 1. The molecule has 6 nitrogen and oxygen atoms in total. The standard InChI is InChI=1S/C12H19ClN6S/c1-4-18-10(6-14)15-16-12(18)20-7-9-11(13)8(3)17-19(9)5-2/h4-7,14H2,1-3H3. The van der Waals surface area contributed by atoms with E-state index in [2.05, 4.69) is 29.1 Å². The van der Waals surface area contributed by atoms with Crippen molar-refractivity contribution in [2.24, 2.45) is 5.73 Å². The lowest BCUT2D eigenvalue weighted by Crippen LogP contribution is -2.08. The lowest BCUT2D eigenvalue weighted by Gasteiger charge is -2.07. The first-order chi connectivity index (χ1) is 9.62. The van der Waals surface area contributed by atoms with Gasteiger partial charge < -0.3 is 10.3 Å². The summed E-state index contributed by atoms with van der Waals surface area (Å²) in [5.41, 5.74) is 7.54. The highest BCUT2D eigenvalue weighted by atomic mass is 35.5. The fourth-order valence-corrected chi connectivity index (χ4v) is 3.36. The monoisotopic (exact) mass is 314 g/mol. The molecule has 0 radical (unpaired) electrons. The van der Waals surface area contributed by atoms with Crippen molar-refractivity contribution < 1.29 is 0 Å². The molecule has 2 rings (SSSR count). The lowest BCUT2D eigenvalue weighted by atomic mass is 10.4. The van der Waals surface area contributed by atoms with Crippen molar-refractivity contribution in [3.8, 4) is 0 Å². The van der Waals surface area contributed by atoms with Crippen LogP contribution >= 0.6 is 23.4 Å². The first kappa shape index (κ1) is 15.3. The van der Waals surface area contributed by atoms with Crippen molar-refractivity contribution in [3.05, 3.63) is 22.2 Å². The van der Waals surface area contributed by atoms with Gasteiger partial charge in [0, 0.05) is 18.8 Å². The summed E-state index contributed by atoms with van der Waals surface area (Å²) in [7, 11) is 0. The number of rotatable bonds is 6. The maximum absolute atomic E-state index is 6.31. The molecule has 0 amide bonds. The molecule has 0 atom stereocenters. The summed E-state index contributed by atoms with van der Waals surface area (Å²) >= 11 is 7.91. The second kappa shape index (κ2) is 6.60. The first-order valence-electron chi connectivity index (χ1n) is 6.59. The Morgan fingerprint density at radius 3 is 2.60 bits per heavy atom. The molecule has 0 fully saturated rings. The number of hydrogen-bond acceptors (Lipinski definition) is 5. The van der Waals surface area contributed by atoms with Crippen molar-refractivity contribution in [2.45, 2.75) is 51.3 Å². The van der Waals surface area contributed by atoms with Crippen molar-refractivity contribution in [1.82, 2.24) is 24.5 Å². The molecule has 2 N–H and O–H groups in total. The van der Waals surface area contributed by atoms with Crippen LogP contribution < -0.4 is 5.73 Å². The SMILES string of the molecule is CCn1nc(C)c(Cl)c1CSc1nnc(CN)n1CC. The van der Waals surface area contributed by atoms with Crippen LogP contribution in [0.15, 0.2) is 5.16 Å². The number of aromatic nitrogens is 5. The third-order valence-corrected chi connectivity index (χ3v) is 4.55. The number of aryl methyl sites for hydroxylation is 2. The van der Waals surface area contributed by atoms with E-state index >= 15 is 0 Å². The Morgan fingerprint density at radius 1 is 1.25 bits per heavy atom. The highest BCUT2D eigenvalue weighted by molar-refractivity contribution is 7.98. The smallest absolute Gasteiger partial charge is 0.191 e. The molecule has 110 valence electrons. The normalized spacial score (nSPS) is 11.2. The van der Waals surface area contributed by atoms with Gasteiger partial charge in [-0.05, 0) is 20.8 Å². The minimum Gasteiger partial charge on any atom is -0.324 e. The molecule has 0 spiro atoms. The number of halogens is 1. The molecule has 0 aliphatic rings. The van der Waals surface area contributed by atoms with E-state index in [1.165, 1.54) is 0 Å². The molecule has 0 aromatic carbocycles. The molecular formula is C12H19ClN6S. The van der Waals surface area contributed by atoms with Gasteiger partial charge >= 0.3 is 0 Å². The molecular weight excluding hydrogens is 296 g/mol. The van der Waals surface area contributed by atoms with Crippen molar-refractivity contribution in [3.63, 3.8) is 0 Å². The lowest BCUT2D eigenvalue weighted by molar-refractivity contribution is 0.628. The first-order valence-corrected chi connectivity index (χ1v) is 7.95. The zero-order valence-electron chi connectivity index (χ0n) is 11.9. The fraction of sp³-hybridized carbons (Fsp3) is 0.583. The second-order valence-corrected chi connectivity index (χ2v) is 5.62. The predicted molar refractivity (Wildman–Crippen MR) is 80.8 cm³/mol. The van der Waals surface area contributed by atoms with Crippen molar-refractivity contribution in [1.29, 1.82) is 0 Å². The van der Waals surface area contributed by atoms with Gasteiger partial charge in [0.15, 0.2) is 5.16 Å². The Hall–Kier alpha value is -1.05. The Bertz CT molecular complexity index is 591. The molecule has 8 heteroatoms. The zero-order valence-corrected chi connectivity index (χ0v) is 13.5.